The minimum absolute atomic E-state index is 0.0548. The highest BCUT2D eigenvalue weighted by molar-refractivity contribution is 7.47. The Morgan fingerprint density at radius 3 is 1.13 bits per heavy atom. The summed E-state index contributed by atoms with van der Waals surface area (Å²) in [5.74, 6) is -1.55. The van der Waals surface area contributed by atoms with Crippen LogP contribution < -0.4 is 0 Å². The number of hydrogen-bond donors (Lipinski definition) is 2. The monoisotopic (exact) mass is 1090 g/mol. The third-order valence-electron chi connectivity index (χ3n) is 13.1. The zero-order valence-corrected chi connectivity index (χ0v) is 49.6. The maximum atomic E-state index is 12.9. The molecule has 0 saturated heterocycles. The summed E-state index contributed by atoms with van der Waals surface area (Å²) < 4.78 is 39.5. The molecule has 0 aliphatic carbocycles. The van der Waals surface area contributed by atoms with E-state index in [1.54, 1.807) is 0 Å². The van der Waals surface area contributed by atoms with Gasteiger partial charge in [0.05, 0.1) is 19.8 Å². The number of rotatable bonds is 57. The molecule has 12 heteroatoms. The average molecular weight is 1090 g/mol. The van der Waals surface area contributed by atoms with E-state index in [0.717, 1.165) is 77.0 Å². The lowest BCUT2D eigenvalue weighted by Gasteiger charge is -2.21. The zero-order chi connectivity index (χ0) is 55.5. The van der Waals surface area contributed by atoms with Crippen molar-refractivity contribution in [2.24, 2.45) is 0 Å². The van der Waals surface area contributed by atoms with Crippen molar-refractivity contribution >= 4 is 25.7 Å². The first-order valence-electron chi connectivity index (χ1n) is 30.8. The van der Waals surface area contributed by atoms with Crippen LogP contribution in [-0.4, -0.2) is 66.5 Å². The number of unbranched alkanes of at least 4 members (excludes halogenated alkanes) is 28. The highest BCUT2D eigenvalue weighted by Crippen LogP contribution is 2.43. The second-order valence-electron chi connectivity index (χ2n) is 20.5. The number of esters is 3. The van der Waals surface area contributed by atoms with Gasteiger partial charge in [-0.15, -0.1) is 0 Å². The Balaban J connectivity index is 4.75. The lowest BCUT2D eigenvalue weighted by Crippen LogP contribution is -2.30. The van der Waals surface area contributed by atoms with E-state index >= 15 is 0 Å². The first-order chi connectivity index (χ1) is 37.2. The Bertz CT molecular complexity index is 1550. The summed E-state index contributed by atoms with van der Waals surface area (Å²) in [6.07, 6.45) is 65.9. The predicted octanol–water partition coefficient (Wildman–Crippen LogP) is 18.5. The molecule has 0 fully saturated rings. The molecule has 0 radical (unpaired) electrons. The van der Waals surface area contributed by atoms with Crippen LogP contribution >= 0.6 is 7.82 Å². The standard InChI is InChI=1S/C64H113O11P/c1-4-7-10-13-16-19-22-25-27-29-30-32-33-36-38-41-44-47-50-53-62(66)71-57-61(75-64(68)55-52-49-46-43-40-37-34-31-28-26-23-20-17-14-11-8-5-2)59-73-76(69,70)72-58-60(56-65)74-63(67)54-51-48-45-42-39-35-24-21-18-15-12-9-6-3/h9,12,18,21,25-28,35,39,45,48,60-61,65H,4-8,10-11,13-17,19-20,22-24,29-34,36-38,40-44,46-47,49-59H2,1-3H3,(H,69,70)/b12-9-,21-18-,27-25-,28-26-,39-35-,48-45-. The summed E-state index contributed by atoms with van der Waals surface area (Å²) in [5.41, 5.74) is 0. The van der Waals surface area contributed by atoms with Gasteiger partial charge in [-0.2, -0.15) is 0 Å². The highest BCUT2D eigenvalue weighted by Gasteiger charge is 2.28. The van der Waals surface area contributed by atoms with E-state index in [1.165, 1.54) is 141 Å². The molecule has 76 heavy (non-hydrogen) atoms. The molecule has 0 bridgehead atoms. The second kappa shape index (κ2) is 58.1. The number of phosphoric ester groups is 1. The van der Waals surface area contributed by atoms with E-state index in [0.29, 0.717) is 19.3 Å². The summed E-state index contributed by atoms with van der Waals surface area (Å²) in [7, 11) is -4.77. The van der Waals surface area contributed by atoms with Crippen molar-refractivity contribution in [3.8, 4) is 0 Å². The molecule has 0 aliphatic heterocycles. The van der Waals surface area contributed by atoms with Crippen molar-refractivity contribution in [1.82, 2.24) is 0 Å². The van der Waals surface area contributed by atoms with E-state index in [-0.39, 0.29) is 25.9 Å². The van der Waals surface area contributed by atoms with Crippen molar-refractivity contribution in [2.45, 2.75) is 290 Å². The Labute approximate surface area is 465 Å². The molecule has 0 amide bonds. The van der Waals surface area contributed by atoms with Crippen molar-refractivity contribution in [2.75, 3.05) is 26.4 Å². The highest BCUT2D eigenvalue weighted by atomic mass is 31.2. The molecule has 3 atom stereocenters. The molecular weight excluding hydrogens is 976 g/mol. The molecule has 3 unspecified atom stereocenters. The van der Waals surface area contributed by atoms with Gasteiger partial charge in [0.15, 0.2) is 6.10 Å². The third-order valence-corrected chi connectivity index (χ3v) is 14.0. The Morgan fingerprint density at radius 2 is 0.711 bits per heavy atom. The fourth-order valence-electron chi connectivity index (χ4n) is 8.42. The molecule has 440 valence electrons. The largest absolute Gasteiger partial charge is 0.472 e. The summed E-state index contributed by atoms with van der Waals surface area (Å²) in [6, 6.07) is 0. The SMILES string of the molecule is CC/C=C\C/C=C\C/C=C\C/C=C\CCC(=O)OC(CO)COP(=O)(O)OCC(COC(=O)CCCCCCCCCCC/C=C\CCCCCCCC)OC(=O)CCCCCCCCC/C=C\CCCCCCCC. The van der Waals surface area contributed by atoms with Gasteiger partial charge in [-0.1, -0.05) is 235 Å². The lowest BCUT2D eigenvalue weighted by molar-refractivity contribution is -0.161. The number of carbonyl (C=O) groups is 3. The maximum Gasteiger partial charge on any atom is 0.472 e. The van der Waals surface area contributed by atoms with Gasteiger partial charge in [0.2, 0.25) is 0 Å². The lowest BCUT2D eigenvalue weighted by atomic mass is 10.1. The van der Waals surface area contributed by atoms with E-state index in [1.807, 2.05) is 12.2 Å². The number of ether oxygens (including phenoxy) is 3. The minimum atomic E-state index is -4.77. The van der Waals surface area contributed by atoms with Crippen LogP contribution in [0, 0.1) is 0 Å². The Hall–Kier alpha value is -3.08. The van der Waals surface area contributed by atoms with Crippen molar-refractivity contribution in [3.63, 3.8) is 0 Å². The number of aliphatic hydroxyl groups excluding tert-OH is 1. The molecule has 0 saturated carbocycles. The van der Waals surface area contributed by atoms with E-state index in [9.17, 15) is 28.9 Å². The van der Waals surface area contributed by atoms with Gasteiger partial charge in [0.25, 0.3) is 0 Å². The molecule has 0 aromatic heterocycles. The quantitative estimate of drug-likeness (QED) is 0.0197. The number of allylic oxidation sites excluding steroid dienone is 12. The van der Waals surface area contributed by atoms with Crippen LogP contribution in [-0.2, 0) is 42.2 Å². The third kappa shape index (κ3) is 55.7. The fourth-order valence-corrected chi connectivity index (χ4v) is 9.20. The molecule has 0 rings (SSSR count). The molecule has 0 aromatic rings. The molecule has 0 heterocycles. The average Bonchev–Trinajstić information content (AvgIpc) is 3.41. The zero-order valence-electron chi connectivity index (χ0n) is 48.7. The van der Waals surface area contributed by atoms with Crippen molar-refractivity contribution < 1.29 is 52.2 Å². The van der Waals surface area contributed by atoms with Crippen LogP contribution in [0.25, 0.3) is 0 Å². The summed E-state index contributed by atoms with van der Waals surface area (Å²) >= 11 is 0. The van der Waals surface area contributed by atoms with Gasteiger partial charge in [0.1, 0.15) is 12.7 Å². The van der Waals surface area contributed by atoms with Gasteiger partial charge in [-0.3, -0.25) is 23.4 Å². The van der Waals surface area contributed by atoms with E-state index < -0.39 is 57.8 Å². The van der Waals surface area contributed by atoms with E-state index in [4.69, 9.17) is 23.3 Å². The molecule has 0 spiro atoms. The van der Waals surface area contributed by atoms with Crippen molar-refractivity contribution in [1.29, 1.82) is 0 Å². The summed E-state index contributed by atoms with van der Waals surface area (Å²) in [6.45, 7) is 4.46. The summed E-state index contributed by atoms with van der Waals surface area (Å²) in [4.78, 5) is 48.6. The maximum absolute atomic E-state index is 12.9. The first kappa shape index (κ1) is 72.9. The fraction of sp³-hybridized carbons (Fsp3) is 0.766. The van der Waals surface area contributed by atoms with Gasteiger partial charge in [-0.25, -0.2) is 4.57 Å². The van der Waals surface area contributed by atoms with Gasteiger partial charge in [-0.05, 0) is 96.3 Å². The van der Waals surface area contributed by atoms with Crippen LogP contribution in [0.5, 0.6) is 0 Å². The van der Waals surface area contributed by atoms with Gasteiger partial charge in [0, 0.05) is 19.3 Å². The number of phosphoric acid groups is 1. The molecule has 0 aliphatic rings. The van der Waals surface area contributed by atoms with Crippen LogP contribution in [0.15, 0.2) is 72.9 Å². The molecule has 2 N–H and O–H groups in total. The van der Waals surface area contributed by atoms with Crippen LogP contribution in [0.3, 0.4) is 0 Å². The second-order valence-corrected chi connectivity index (χ2v) is 21.9. The van der Waals surface area contributed by atoms with Gasteiger partial charge < -0.3 is 24.2 Å². The van der Waals surface area contributed by atoms with Crippen molar-refractivity contribution in [3.05, 3.63) is 72.9 Å². The first-order valence-corrected chi connectivity index (χ1v) is 32.3. The van der Waals surface area contributed by atoms with Crippen LogP contribution in [0.4, 0.5) is 0 Å². The number of hydrogen-bond acceptors (Lipinski definition) is 10. The Kier molecular flexibility index (Phi) is 55.7. The molecular formula is C64H113O11P. The van der Waals surface area contributed by atoms with Crippen LogP contribution in [0.2, 0.25) is 0 Å². The van der Waals surface area contributed by atoms with E-state index in [2.05, 4.69) is 81.5 Å². The Morgan fingerprint density at radius 1 is 0.382 bits per heavy atom. The minimum Gasteiger partial charge on any atom is -0.462 e. The number of carbonyl (C=O) groups excluding carboxylic acids is 3. The normalized spacial score (nSPS) is 13.8. The van der Waals surface area contributed by atoms with Crippen LogP contribution in [0.1, 0.15) is 278 Å². The predicted molar refractivity (Wildman–Crippen MR) is 316 cm³/mol. The topological polar surface area (TPSA) is 155 Å². The smallest absolute Gasteiger partial charge is 0.462 e. The molecule has 0 aromatic carbocycles. The summed E-state index contributed by atoms with van der Waals surface area (Å²) in [5, 5.41) is 9.80. The number of aliphatic hydroxyl groups is 1. The molecule has 11 nitrogen and oxygen atoms in total. The van der Waals surface area contributed by atoms with Gasteiger partial charge >= 0.3 is 25.7 Å².